The average molecular weight is 258 g/mol. The fourth-order valence-electron chi connectivity index (χ4n) is 2.78. The molecule has 0 saturated carbocycles. The second kappa shape index (κ2) is 5.15. The fraction of sp³-hybridized carbons (Fsp3) is 0.400. The third kappa shape index (κ3) is 2.17. The van der Waals surface area contributed by atoms with Crippen molar-refractivity contribution in [2.45, 2.75) is 25.4 Å². The summed E-state index contributed by atoms with van der Waals surface area (Å²) in [6.45, 7) is 1.68. The van der Waals surface area contributed by atoms with E-state index in [0.717, 1.165) is 30.4 Å². The Labute approximate surface area is 111 Å². The first-order valence-electron chi connectivity index (χ1n) is 6.72. The number of aromatic nitrogens is 1. The number of ether oxygens (including phenoxy) is 1. The molecule has 0 spiro atoms. The van der Waals surface area contributed by atoms with Crippen LogP contribution in [-0.4, -0.2) is 17.8 Å². The molecular formula is C15H18N2O2. The Morgan fingerprint density at radius 2 is 2.21 bits per heavy atom. The lowest BCUT2D eigenvalue weighted by atomic mass is 10.1. The van der Waals surface area contributed by atoms with Crippen LogP contribution in [0.2, 0.25) is 0 Å². The van der Waals surface area contributed by atoms with Crippen molar-refractivity contribution in [3.05, 3.63) is 46.2 Å². The van der Waals surface area contributed by atoms with Gasteiger partial charge in [-0.25, -0.2) is 0 Å². The third-order valence-corrected chi connectivity index (χ3v) is 3.74. The molecule has 0 bridgehead atoms. The van der Waals surface area contributed by atoms with E-state index in [1.807, 2.05) is 34.9 Å². The third-order valence-electron chi connectivity index (χ3n) is 3.74. The molecule has 1 saturated heterocycles. The second-order valence-electron chi connectivity index (χ2n) is 4.98. The number of nitrogens with two attached hydrogens (primary N) is 1. The van der Waals surface area contributed by atoms with Crippen LogP contribution in [0.4, 0.5) is 0 Å². The zero-order valence-electron chi connectivity index (χ0n) is 10.8. The average Bonchev–Trinajstić information content (AvgIpc) is 2.47. The van der Waals surface area contributed by atoms with E-state index >= 15 is 0 Å². The SMILES string of the molecule is NCc1cc2ccccc2n(C2CCCOC2)c1=O. The van der Waals surface area contributed by atoms with Gasteiger partial charge in [-0.05, 0) is 30.4 Å². The zero-order valence-corrected chi connectivity index (χ0v) is 10.8. The quantitative estimate of drug-likeness (QED) is 0.893. The van der Waals surface area contributed by atoms with Gasteiger partial charge in [0.1, 0.15) is 0 Å². The zero-order chi connectivity index (χ0) is 13.2. The topological polar surface area (TPSA) is 57.2 Å². The molecule has 1 aromatic carbocycles. The summed E-state index contributed by atoms with van der Waals surface area (Å²) >= 11 is 0. The Balaban J connectivity index is 2.24. The minimum Gasteiger partial charge on any atom is -0.379 e. The standard InChI is InChI=1S/C15H18N2O2/c16-9-12-8-11-4-1-2-6-14(11)17(15(12)18)13-5-3-7-19-10-13/h1-2,4,6,8,13H,3,5,7,9-10,16H2. The normalized spacial score (nSPS) is 19.7. The highest BCUT2D eigenvalue weighted by atomic mass is 16.5. The van der Waals surface area contributed by atoms with Gasteiger partial charge < -0.3 is 15.0 Å². The van der Waals surface area contributed by atoms with Crippen molar-refractivity contribution in [1.29, 1.82) is 0 Å². The van der Waals surface area contributed by atoms with E-state index in [2.05, 4.69) is 0 Å². The maximum Gasteiger partial charge on any atom is 0.255 e. The molecule has 0 radical (unpaired) electrons. The molecule has 2 heterocycles. The van der Waals surface area contributed by atoms with Crippen LogP contribution in [0.15, 0.2) is 35.1 Å². The minimum atomic E-state index is 0.0247. The van der Waals surface area contributed by atoms with E-state index in [1.54, 1.807) is 0 Å². The van der Waals surface area contributed by atoms with Crippen LogP contribution in [0, 0.1) is 0 Å². The van der Waals surface area contributed by atoms with Crippen molar-refractivity contribution < 1.29 is 4.74 Å². The number of hydrogen-bond donors (Lipinski definition) is 1. The van der Waals surface area contributed by atoms with Crippen molar-refractivity contribution in [2.75, 3.05) is 13.2 Å². The Bertz CT molecular complexity index is 642. The van der Waals surface area contributed by atoms with E-state index in [-0.39, 0.29) is 18.1 Å². The summed E-state index contributed by atoms with van der Waals surface area (Å²) in [6, 6.07) is 9.98. The van der Waals surface area contributed by atoms with E-state index in [4.69, 9.17) is 10.5 Å². The number of hydrogen-bond acceptors (Lipinski definition) is 3. The van der Waals surface area contributed by atoms with Crippen LogP contribution >= 0.6 is 0 Å². The highest BCUT2D eigenvalue weighted by molar-refractivity contribution is 5.79. The summed E-state index contributed by atoms with van der Waals surface area (Å²) in [4.78, 5) is 12.5. The number of nitrogens with zero attached hydrogens (tertiary/aromatic N) is 1. The fourth-order valence-corrected chi connectivity index (χ4v) is 2.78. The lowest BCUT2D eigenvalue weighted by molar-refractivity contribution is 0.0594. The van der Waals surface area contributed by atoms with Crippen LogP contribution in [0.1, 0.15) is 24.4 Å². The van der Waals surface area contributed by atoms with Crippen molar-refractivity contribution in [3.8, 4) is 0 Å². The summed E-state index contributed by atoms with van der Waals surface area (Å²) in [5.41, 5.74) is 7.36. The Hall–Kier alpha value is -1.65. The molecular weight excluding hydrogens is 240 g/mol. The summed E-state index contributed by atoms with van der Waals surface area (Å²) in [7, 11) is 0. The second-order valence-corrected chi connectivity index (χ2v) is 4.98. The monoisotopic (exact) mass is 258 g/mol. The van der Waals surface area contributed by atoms with Gasteiger partial charge in [-0.1, -0.05) is 18.2 Å². The maximum atomic E-state index is 12.5. The first-order valence-corrected chi connectivity index (χ1v) is 6.72. The summed E-state index contributed by atoms with van der Waals surface area (Å²) < 4.78 is 7.39. The summed E-state index contributed by atoms with van der Waals surface area (Å²) in [5, 5.41) is 1.06. The lowest BCUT2D eigenvalue weighted by Gasteiger charge is -2.26. The first-order chi connectivity index (χ1) is 9.31. The van der Waals surface area contributed by atoms with Crippen molar-refractivity contribution >= 4 is 10.9 Å². The van der Waals surface area contributed by atoms with Gasteiger partial charge in [0, 0.05) is 18.7 Å². The van der Waals surface area contributed by atoms with Crippen molar-refractivity contribution in [3.63, 3.8) is 0 Å². The molecule has 1 aromatic heterocycles. The van der Waals surface area contributed by atoms with Crippen LogP contribution in [0.3, 0.4) is 0 Å². The molecule has 100 valence electrons. The molecule has 1 unspecified atom stereocenters. The van der Waals surface area contributed by atoms with Crippen LogP contribution < -0.4 is 11.3 Å². The van der Waals surface area contributed by atoms with Crippen molar-refractivity contribution in [2.24, 2.45) is 5.73 Å². The highest BCUT2D eigenvalue weighted by Crippen LogP contribution is 2.23. The van der Waals surface area contributed by atoms with Crippen molar-refractivity contribution in [1.82, 2.24) is 4.57 Å². The Kier molecular flexibility index (Phi) is 3.36. The van der Waals surface area contributed by atoms with Gasteiger partial charge in [0.15, 0.2) is 0 Å². The summed E-state index contributed by atoms with van der Waals surface area (Å²) in [6.07, 6.45) is 1.98. The number of benzene rings is 1. The molecule has 3 rings (SSSR count). The number of rotatable bonds is 2. The van der Waals surface area contributed by atoms with Gasteiger partial charge in [0.25, 0.3) is 5.56 Å². The van der Waals surface area contributed by atoms with Gasteiger partial charge >= 0.3 is 0 Å². The maximum absolute atomic E-state index is 12.5. The predicted molar refractivity (Wildman–Crippen MR) is 75.2 cm³/mol. The number of pyridine rings is 1. The predicted octanol–water partition coefficient (Wildman–Crippen LogP) is 1.81. The van der Waals surface area contributed by atoms with Crippen LogP contribution in [0.25, 0.3) is 10.9 Å². The van der Waals surface area contributed by atoms with Gasteiger partial charge in [-0.2, -0.15) is 0 Å². The number of para-hydroxylation sites is 1. The molecule has 4 heteroatoms. The van der Waals surface area contributed by atoms with E-state index in [0.29, 0.717) is 12.2 Å². The molecule has 1 aliphatic rings. The molecule has 2 N–H and O–H groups in total. The molecule has 19 heavy (non-hydrogen) atoms. The van der Waals surface area contributed by atoms with Crippen LogP contribution in [0.5, 0.6) is 0 Å². The van der Waals surface area contributed by atoms with E-state index in [9.17, 15) is 4.79 Å². The van der Waals surface area contributed by atoms with Crippen LogP contribution in [-0.2, 0) is 11.3 Å². The molecule has 1 aliphatic heterocycles. The van der Waals surface area contributed by atoms with Gasteiger partial charge in [0.2, 0.25) is 0 Å². The number of fused-ring (bicyclic) bond motifs is 1. The lowest BCUT2D eigenvalue weighted by Crippen LogP contribution is -2.33. The molecule has 2 aromatic rings. The first kappa shape index (κ1) is 12.4. The Morgan fingerprint density at radius 1 is 1.37 bits per heavy atom. The van der Waals surface area contributed by atoms with E-state index in [1.165, 1.54) is 0 Å². The largest absolute Gasteiger partial charge is 0.379 e. The molecule has 4 nitrogen and oxygen atoms in total. The molecule has 1 fully saturated rings. The van der Waals surface area contributed by atoms with E-state index < -0.39 is 0 Å². The highest BCUT2D eigenvalue weighted by Gasteiger charge is 2.20. The smallest absolute Gasteiger partial charge is 0.255 e. The Morgan fingerprint density at radius 3 is 2.95 bits per heavy atom. The summed E-state index contributed by atoms with van der Waals surface area (Å²) in [5.74, 6) is 0. The molecule has 0 aliphatic carbocycles. The van der Waals surface area contributed by atoms with Gasteiger partial charge in [-0.3, -0.25) is 4.79 Å². The van der Waals surface area contributed by atoms with Gasteiger partial charge in [-0.15, -0.1) is 0 Å². The minimum absolute atomic E-state index is 0.0247. The molecule has 1 atom stereocenters. The van der Waals surface area contributed by atoms with Gasteiger partial charge in [0.05, 0.1) is 18.2 Å². The molecule has 0 amide bonds.